The molecule has 2 aromatic rings. The van der Waals surface area contributed by atoms with Crippen LogP contribution in [-0.2, 0) is 4.74 Å². The Bertz CT molecular complexity index is 846. The molecule has 1 heterocycles. The molecule has 1 saturated heterocycles. The highest BCUT2D eigenvalue weighted by atomic mass is 16.5. The monoisotopic (exact) mass is 384 g/mol. The molecule has 0 radical (unpaired) electrons. The SMILES string of the molecule is COc1cccc(C(=O)Nc2ccccc2C(=O)NCC2CCCO2)c1OC. The lowest BCUT2D eigenvalue weighted by Crippen LogP contribution is -2.32. The van der Waals surface area contributed by atoms with Crippen LogP contribution in [0.15, 0.2) is 42.5 Å². The maximum absolute atomic E-state index is 12.8. The zero-order valence-electron chi connectivity index (χ0n) is 16.0. The molecule has 1 fully saturated rings. The molecule has 1 atom stereocenters. The molecule has 3 rings (SSSR count). The molecule has 148 valence electrons. The quantitative estimate of drug-likeness (QED) is 0.767. The fourth-order valence-electron chi connectivity index (χ4n) is 3.15. The number of anilines is 1. The molecule has 0 aliphatic carbocycles. The number of carbonyl (C=O) groups excluding carboxylic acids is 2. The van der Waals surface area contributed by atoms with Crippen molar-refractivity contribution in [2.45, 2.75) is 18.9 Å². The fourth-order valence-corrected chi connectivity index (χ4v) is 3.15. The van der Waals surface area contributed by atoms with E-state index in [0.29, 0.717) is 34.9 Å². The standard InChI is InChI=1S/C21H24N2O5/c1-26-18-11-5-9-16(19(18)27-2)21(25)23-17-10-4-3-8-15(17)20(24)22-13-14-7-6-12-28-14/h3-5,8-11,14H,6-7,12-13H2,1-2H3,(H,22,24)(H,23,25). The second-order valence-electron chi connectivity index (χ2n) is 6.39. The van der Waals surface area contributed by atoms with Crippen LogP contribution in [0.3, 0.4) is 0 Å². The van der Waals surface area contributed by atoms with E-state index in [4.69, 9.17) is 14.2 Å². The Kier molecular flexibility index (Phi) is 6.49. The van der Waals surface area contributed by atoms with Crippen molar-refractivity contribution in [3.05, 3.63) is 53.6 Å². The number of amides is 2. The highest BCUT2D eigenvalue weighted by Gasteiger charge is 2.20. The van der Waals surface area contributed by atoms with E-state index in [1.165, 1.54) is 14.2 Å². The lowest BCUT2D eigenvalue weighted by Gasteiger charge is -2.15. The number of nitrogens with one attached hydrogen (secondary N) is 2. The Labute approximate surface area is 164 Å². The first kappa shape index (κ1) is 19.7. The highest BCUT2D eigenvalue weighted by Crippen LogP contribution is 2.31. The van der Waals surface area contributed by atoms with E-state index >= 15 is 0 Å². The van der Waals surface area contributed by atoms with Crippen molar-refractivity contribution in [3.8, 4) is 11.5 Å². The number of hydrogen-bond donors (Lipinski definition) is 2. The van der Waals surface area contributed by atoms with Crippen LogP contribution in [0.4, 0.5) is 5.69 Å². The number of methoxy groups -OCH3 is 2. The average molecular weight is 384 g/mol. The first-order chi connectivity index (χ1) is 13.6. The van der Waals surface area contributed by atoms with Crippen molar-refractivity contribution in [2.24, 2.45) is 0 Å². The zero-order valence-corrected chi connectivity index (χ0v) is 16.0. The number of carbonyl (C=O) groups is 2. The maximum atomic E-state index is 12.8. The molecule has 0 saturated carbocycles. The summed E-state index contributed by atoms with van der Waals surface area (Å²) in [6, 6.07) is 11.9. The van der Waals surface area contributed by atoms with E-state index < -0.39 is 5.91 Å². The van der Waals surface area contributed by atoms with Crippen LogP contribution in [0.1, 0.15) is 33.6 Å². The van der Waals surface area contributed by atoms with Gasteiger partial charge in [0.2, 0.25) is 0 Å². The highest BCUT2D eigenvalue weighted by molar-refractivity contribution is 6.10. The van der Waals surface area contributed by atoms with E-state index in [1.54, 1.807) is 42.5 Å². The van der Waals surface area contributed by atoms with Crippen LogP contribution in [0.25, 0.3) is 0 Å². The largest absolute Gasteiger partial charge is 0.493 e. The Morgan fingerprint density at radius 1 is 1.04 bits per heavy atom. The van der Waals surface area contributed by atoms with E-state index in [9.17, 15) is 9.59 Å². The van der Waals surface area contributed by atoms with Crippen molar-refractivity contribution in [1.82, 2.24) is 5.32 Å². The van der Waals surface area contributed by atoms with Crippen LogP contribution >= 0.6 is 0 Å². The minimum atomic E-state index is -0.393. The van der Waals surface area contributed by atoms with E-state index in [2.05, 4.69) is 10.6 Å². The molecule has 2 N–H and O–H groups in total. The van der Waals surface area contributed by atoms with Gasteiger partial charge in [0, 0.05) is 13.2 Å². The van der Waals surface area contributed by atoms with Gasteiger partial charge in [0.05, 0.1) is 37.1 Å². The van der Waals surface area contributed by atoms with Gasteiger partial charge in [-0.15, -0.1) is 0 Å². The summed E-state index contributed by atoms with van der Waals surface area (Å²) in [4.78, 5) is 25.4. The first-order valence-corrected chi connectivity index (χ1v) is 9.15. The van der Waals surface area contributed by atoms with Gasteiger partial charge in [0.25, 0.3) is 11.8 Å². The molecule has 2 aromatic carbocycles. The molecule has 2 amide bonds. The second kappa shape index (κ2) is 9.23. The lowest BCUT2D eigenvalue weighted by atomic mass is 10.1. The fraction of sp³-hybridized carbons (Fsp3) is 0.333. The average Bonchev–Trinajstić information content (AvgIpc) is 3.25. The number of ether oxygens (including phenoxy) is 3. The minimum absolute atomic E-state index is 0.0479. The normalized spacial score (nSPS) is 15.7. The van der Waals surface area contributed by atoms with Gasteiger partial charge in [-0.05, 0) is 37.1 Å². The molecular weight excluding hydrogens is 360 g/mol. The predicted molar refractivity (Wildman–Crippen MR) is 105 cm³/mol. The Balaban J connectivity index is 1.76. The van der Waals surface area contributed by atoms with Crippen molar-refractivity contribution in [1.29, 1.82) is 0 Å². The van der Waals surface area contributed by atoms with Gasteiger partial charge in [-0.2, -0.15) is 0 Å². The third-order valence-corrected chi connectivity index (χ3v) is 4.58. The van der Waals surface area contributed by atoms with Gasteiger partial charge < -0.3 is 24.8 Å². The molecule has 7 heteroatoms. The van der Waals surface area contributed by atoms with Crippen molar-refractivity contribution >= 4 is 17.5 Å². The van der Waals surface area contributed by atoms with E-state index in [0.717, 1.165) is 19.4 Å². The molecule has 1 unspecified atom stereocenters. The van der Waals surface area contributed by atoms with Gasteiger partial charge >= 0.3 is 0 Å². The number of para-hydroxylation sites is 2. The van der Waals surface area contributed by atoms with Crippen LogP contribution in [0.2, 0.25) is 0 Å². The lowest BCUT2D eigenvalue weighted by molar-refractivity contribution is 0.0858. The van der Waals surface area contributed by atoms with E-state index in [1.807, 2.05) is 0 Å². The van der Waals surface area contributed by atoms with Crippen molar-refractivity contribution < 1.29 is 23.8 Å². The first-order valence-electron chi connectivity index (χ1n) is 9.15. The summed E-state index contributed by atoms with van der Waals surface area (Å²) < 4.78 is 16.1. The van der Waals surface area contributed by atoms with Gasteiger partial charge in [0.1, 0.15) is 0 Å². The van der Waals surface area contributed by atoms with Crippen LogP contribution in [-0.4, -0.2) is 45.3 Å². The number of hydrogen-bond acceptors (Lipinski definition) is 5. The Morgan fingerprint density at radius 2 is 1.82 bits per heavy atom. The molecule has 7 nitrogen and oxygen atoms in total. The Hall–Kier alpha value is -3.06. The second-order valence-corrected chi connectivity index (χ2v) is 6.39. The summed E-state index contributed by atoms with van der Waals surface area (Å²) in [6.45, 7) is 1.18. The third-order valence-electron chi connectivity index (χ3n) is 4.58. The maximum Gasteiger partial charge on any atom is 0.259 e. The zero-order chi connectivity index (χ0) is 19.9. The Morgan fingerprint density at radius 3 is 2.54 bits per heavy atom. The summed E-state index contributed by atoms with van der Waals surface area (Å²) in [5.41, 5.74) is 1.12. The minimum Gasteiger partial charge on any atom is -0.493 e. The van der Waals surface area contributed by atoms with Gasteiger partial charge in [-0.25, -0.2) is 0 Å². The third kappa shape index (κ3) is 4.43. The van der Waals surface area contributed by atoms with Crippen LogP contribution in [0.5, 0.6) is 11.5 Å². The molecule has 1 aliphatic rings. The van der Waals surface area contributed by atoms with Gasteiger partial charge in [-0.3, -0.25) is 9.59 Å². The summed E-state index contributed by atoms with van der Waals surface area (Å²) in [5, 5.41) is 5.67. The summed E-state index contributed by atoms with van der Waals surface area (Å²) >= 11 is 0. The topological polar surface area (TPSA) is 85.9 Å². The van der Waals surface area contributed by atoms with Crippen molar-refractivity contribution in [3.63, 3.8) is 0 Å². The molecule has 0 bridgehead atoms. The number of rotatable bonds is 7. The number of benzene rings is 2. The van der Waals surface area contributed by atoms with Gasteiger partial charge in [-0.1, -0.05) is 18.2 Å². The van der Waals surface area contributed by atoms with Crippen molar-refractivity contribution in [2.75, 3.05) is 32.7 Å². The van der Waals surface area contributed by atoms with Gasteiger partial charge in [0.15, 0.2) is 11.5 Å². The molecule has 0 spiro atoms. The summed E-state index contributed by atoms with van der Waals surface area (Å²) in [7, 11) is 2.98. The van der Waals surface area contributed by atoms with Crippen LogP contribution in [0, 0.1) is 0 Å². The molecular formula is C21H24N2O5. The smallest absolute Gasteiger partial charge is 0.259 e. The van der Waals surface area contributed by atoms with Crippen LogP contribution < -0.4 is 20.1 Å². The molecule has 1 aliphatic heterocycles. The molecule has 0 aromatic heterocycles. The molecule has 28 heavy (non-hydrogen) atoms. The summed E-state index contributed by atoms with van der Waals surface area (Å²) in [6.07, 6.45) is 2.00. The predicted octanol–water partition coefficient (Wildman–Crippen LogP) is 2.86. The van der Waals surface area contributed by atoms with E-state index in [-0.39, 0.29) is 12.0 Å². The summed E-state index contributed by atoms with van der Waals surface area (Å²) in [5.74, 6) is 0.139.